The highest BCUT2D eigenvalue weighted by Gasteiger charge is 2.38. The summed E-state index contributed by atoms with van der Waals surface area (Å²) in [6, 6.07) is 0. The fourth-order valence-electron chi connectivity index (χ4n) is 4.21. The minimum Gasteiger partial charge on any atom is -0.442 e. The van der Waals surface area contributed by atoms with E-state index in [0.717, 1.165) is 0 Å². The molecule has 2 unspecified atom stereocenters. The Balaban J connectivity index is 1.51. The number of piperazine rings is 1. The molecule has 4 rings (SSSR count). The van der Waals surface area contributed by atoms with Crippen LogP contribution in [0.2, 0.25) is 0 Å². The molecule has 2 saturated heterocycles. The smallest absolute Gasteiger partial charge is 0.282 e. The molecule has 11 nitrogen and oxygen atoms in total. The zero-order valence-electron chi connectivity index (χ0n) is 18.1. The molecule has 170 valence electrons. The normalized spacial score (nSPS) is 24.1. The van der Waals surface area contributed by atoms with E-state index < -0.39 is 10.2 Å². The van der Waals surface area contributed by atoms with E-state index in [1.165, 1.54) is 19.5 Å². The predicted molar refractivity (Wildman–Crippen MR) is 112 cm³/mol. The van der Waals surface area contributed by atoms with Crippen molar-refractivity contribution in [3.05, 3.63) is 28.0 Å². The number of furan rings is 1. The number of hydrogen-bond acceptors (Lipinski definition) is 7. The van der Waals surface area contributed by atoms with Gasteiger partial charge in [-0.25, -0.2) is 4.98 Å². The van der Waals surface area contributed by atoms with E-state index in [9.17, 15) is 18.0 Å². The zero-order chi connectivity index (χ0) is 22.5. The number of fused-ring (bicyclic) bond motifs is 1. The summed E-state index contributed by atoms with van der Waals surface area (Å²) in [6.07, 6.45) is 1.00. The van der Waals surface area contributed by atoms with Gasteiger partial charge < -0.3 is 18.6 Å². The standard InChI is InChI=1S/C19H27N5O6S/c1-12-9-24(10-13(2)29-12)31(27,28)23-7-5-22(6-8-23)19(26)15-14(3)30-17-16(15)18(25)21(4)11-20-17/h11-13H,5-10H2,1-4H3. The number of amides is 1. The number of aryl methyl sites for hydroxylation is 2. The number of carbonyl (C=O) groups is 1. The Morgan fingerprint density at radius 3 is 2.32 bits per heavy atom. The molecule has 0 N–H and O–H groups in total. The largest absolute Gasteiger partial charge is 0.442 e. The van der Waals surface area contributed by atoms with Gasteiger partial charge in [-0.1, -0.05) is 0 Å². The fraction of sp³-hybridized carbons (Fsp3) is 0.632. The van der Waals surface area contributed by atoms with E-state index in [4.69, 9.17) is 9.15 Å². The van der Waals surface area contributed by atoms with E-state index in [2.05, 4.69) is 4.98 Å². The van der Waals surface area contributed by atoms with Crippen LogP contribution < -0.4 is 5.56 Å². The third kappa shape index (κ3) is 3.88. The molecule has 12 heteroatoms. The summed E-state index contributed by atoms with van der Waals surface area (Å²) >= 11 is 0. The second-order valence-corrected chi connectivity index (χ2v) is 10.1. The van der Waals surface area contributed by atoms with Gasteiger partial charge in [-0.05, 0) is 20.8 Å². The summed E-state index contributed by atoms with van der Waals surface area (Å²) in [5.74, 6) is -0.0332. The van der Waals surface area contributed by atoms with Crippen LogP contribution in [0.1, 0.15) is 30.0 Å². The lowest BCUT2D eigenvalue weighted by molar-refractivity contribution is -0.0457. The molecule has 0 bridgehead atoms. The minimum absolute atomic E-state index is 0.126. The summed E-state index contributed by atoms with van der Waals surface area (Å²) in [5.41, 5.74) is -0.0430. The maximum absolute atomic E-state index is 13.2. The lowest BCUT2D eigenvalue weighted by Gasteiger charge is -2.40. The van der Waals surface area contributed by atoms with Crippen molar-refractivity contribution in [3.63, 3.8) is 0 Å². The minimum atomic E-state index is -3.64. The predicted octanol–water partition coefficient (Wildman–Crippen LogP) is -0.0533. The number of aromatic nitrogens is 2. The van der Waals surface area contributed by atoms with Gasteiger partial charge in [-0.15, -0.1) is 0 Å². The summed E-state index contributed by atoms with van der Waals surface area (Å²) in [5, 5.41) is 0.152. The molecule has 1 amide bonds. The molecule has 0 aliphatic carbocycles. The lowest BCUT2D eigenvalue weighted by atomic mass is 10.1. The topological polar surface area (TPSA) is 118 Å². The number of nitrogens with zero attached hydrogens (tertiary/aromatic N) is 5. The Bertz CT molecular complexity index is 1150. The van der Waals surface area contributed by atoms with Gasteiger partial charge in [0.05, 0.1) is 17.8 Å². The Kier molecular flexibility index (Phi) is 5.66. The highest BCUT2D eigenvalue weighted by atomic mass is 32.2. The highest BCUT2D eigenvalue weighted by Crippen LogP contribution is 2.24. The SMILES string of the molecule is Cc1oc2ncn(C)c(=O)c2c1C(=O)N1CCN(S(=O)(=O)N2CC(C)OC(C)C2)CC1. The molecule has 0 radical (unpaired) electrons. The second kappa shape index (κ2) is 8.01. The molecular formula is C19H27N5O6S. The van der Waals surface area contributed by atoms with E-state index in [0.29, 0.717) is 18.8 Å². The third-order valence-electron chi connectivity index (χ3n) is 5.73. The van der Waals surface area contributed by atoms with Crippen LogP contribution in [0.5, 0.6) is 0 Å². The van der Waals surface area contributed by atoms with Gasteiger partial charge in [0.2, 0.25) is 5.71 Å². The molecule has 2 fully saturated rings. The zero-order valence-corrected chi connectivity index (χ0v) is 18.9. The maximum Gasteiger partial charge on any atom is 0.282 e. The van der Waals surface area contributed by atoms with E-state index in [1.54, 1.807) is 18.9 Å². The maximum atomic E-state index is 13.2. The van der Waals surface area contributed by atoms with Crippen LogP contribution in [0, 0.1) is 6.92 Å². The van der Waals surface area contributed by atoms with Crippen LogP contribution in [-0.4, -0.2) is 88.9 Å². The molecule has 2 aromatic rings. The molecule has 31 heavy (non-hydrogen) atoms. The average Bonchev–Trinajstić information content (AvgIpc) is 3.06. The quantitative estimate of drug-likeness (QED) is 0.639. The molecule has 0 spiro atoms. The molecule has 2 aliphatic heterocycles. The molecule has 2 aliphatic rings. The number of hydrogen-bond donors (Lipinski definition) is 0. The van der Waals surface area contributed by atoms with Crippen LogP contribution in [0.25, 0.3) is 11.1 Å². The van der Waals surface area contributed by atoms with E-state index in [1.807, 2.05) is 13.8 Å². The molecule has 2 atom stereocenters. The first-order valence-corrected chi connectivity index (χ1v) is 11.6. The third-order valence-corrected chi connectivity index (χ3v) is 7.69. The van der Waals surface area contributed by atoms with Crippen molar-refractivity contribution in [2.75, 3.05) is 39.3 Å². The Morgan fingerprint density at radius 1 is 1.10 bits per heavy atom. The molecule has 0 saturated carbocycles. The number of rotatable bonds is 3. The van der Waals surface area contributed by atoms with Crippen LogP contribution in [0.3, 0.4) is 0 Å². The van der Waals surface area contributed by atoms with Crippen molar-refractivity contribution in [1.82, 2.24) is 23.1 Å². The molecule has 4 heterocycles. The van der Waals surface area contributed by atoms with Crippen molar-refractivity contribution in [3.8, 4) is 0 Å². The summed E-state index contributed by atoms with van der Waals surface area (Å²) in [7, 11) is -2.08. The van der Waals surface area contributed by atoms with Crippen molar-refractivity contribution < 1.29 is 22.4 Å². The Hall–Kier alpha value is -2.28. The van der Waals surface area contributed by atoms with Crippen LogP contribution in [-0.2, 0) is 22.0 Å². The first-order chi connectivity index (χ1) is 14.6. The lowest BCUT2D eigenvalue weighted by Crippen LogP contribution is -2.57. The van der Waals surface area contributed by atoms with Crippen LogP contribution >= 0.6 is 0 Å². The van der Waals surface area contributed by atoms with Crippen LogP contribution in [0.4, 0.5) is 0 Å². The van der Waals surface area contributed by atoms with E-state index in [-0.39, 0.29) is 66.5 Å². The van der Waals surface area contributed by atoms with Crippen LogP contribution in [0.15, 0.2) is 15.5 Å². The first-order valence-electron chi connectivity index (χ1n) is 10.2. The van der Waals surface area contributed by atoms with E-state index >= 15 is 0 Å². The van der Waals surface area contributed by atoms with Gasteiger partial charge in [-0.2, -0.15) is 17.0 Å². The number of carbonyl (C=O) groups excluding carboxylic acids is 1. The first kappa shape index (κ1) is 21.9. The fourth-order valence-corrected chi connectivity index (χ4v) is 5.96. The van der Waals surface area contributed by atoms with Crippen molar-refractivity contribution >= 4 is 27.2 Å². The Morgan fingerprint density at radius 2 is 1.71 bits per heavy atom. The van der Waals surface area contributed by atoms with Crippen molar-refractivity contribution in [2.24, 2.45) is 7.05 Å². The van der Waals surface area contributed by atoms with Crippen molar-refractivity contribution in [1.29, 1.82) is 0 Å². The molecule has 2 aromatic heterocycles. The summed E-state index contributed by atoms with van der Waals surface area (Å²) in [6.45, 7) is 6.75. The van der Waals surface area contributed by atoms with Crippen molar-refractivity contribution in [2.45, 2.75) is 33.0 Å². The number of ether oxygens (including phenoxy) is 1. The monoisotopic (exact) mass is 453 g/mol. The highest BCUT2D eigenvalue weighted by molar-refractivity contribution is 7.86. The van der Waals surface area contributed by atoms with Gasteiger partial charge in [0.15, 0.2) is 0 Å². The second-order valence-electron chi connectivity index (χ2n) is 8.15. The van der Waals surface area contributed by atoms with Gasteiger partial charge in [0, 0.05) is 46.3 Å². The van der Waals surface area contributed by atoms with Gasteiger partial charge in [-0.3, -0.25) is 9.59 Å². The molecule has 0 aromatic carbocycles. The summed E-state index contributed by atoms with van der Waals surface area (Å²) in [4.78, 5) is 31.4. The Labute approximate surface area is 180 Å². The molecular weight excluding hydrogens is 426 g/mol. The van der Waals surface area contributed by atoms with Gasteiger partial charge in [0.25, 0.3) is 21.7 Å². The summed E-state index contributed by atoms with van der Waals surface area (Å²) < 4.78 is 41.5. The number of morpholine rings is 1. The average molecular weight is 454 g/mol. The van der Waals surface area contributed by atoms with Gasteiger partial charge >= 0.3 is 0 Å². The van der Waals surface area contributed by atoms with Gasteiger partial charge in [0.1, 0.15) is 17.5 Å².